The molecular formula is C18H8Cl7NO3S. The van der Waals surface area contributed by atoms with Crippen LogP contribution in [0.15, 0.2) is 47.4 Å². The van der Waals surface area contributed by atoms with Gasteiger partial charge in [0.15, 0.2) is 5.75 Å². The van der Waals surface area contributed by atoms with Gasteiger partial charge in [-0.05, 0) is 42.5 Å². The number of hydrogen-bond acceptors (Lipinski definition) is 3. The summed E-state index contributed by atoms with van der Waals surface area (Å²) in [5, 5.41) is 0.626. The van der Waals surface area contributed by atoms with E-state index in [1.807, 2.05) is 0 Å². The summed E-state index contributed by atoms with van der Waals surface area (Å²) in [6.45, 7) is 0. The van der Waals surface area contributed by atoms with E-state index in [0.717, 1.165) is 0 Å². The van der Waals surface area contributed by atoms with Crippen LogP contribution >= 0.6 is 81.2 Å². The Hall–Kier alpha value is -0.760. The van der Waals surface area contributed by atoms with Gasteiger partial charge in [-0.1, -0.05) is 81.2 Å². The Morgan fingerprint density at radius 2 is 1.20 bits per heavy atom. The number of halogens is 7. The molecule has 0 atom stereocenters. The van der Waals surface area contributed by atoms with Crippen molar-refractivity contribution >= 4 is 96.9 Å². The third kappa shape index (κ3) is 5.34. The molecule has 1 N–H and O–H groups in total. The Balaban J connectivity index is 1.94. The van der Waals surface area contributed by atoms with Crippen LogP contribution in [0.2, 0.25) is 35.2 Å². The summed E-state index contributed by atoms with van der Waals surface area (Å²) in [5.41, 5.74) is 0.0571. The number of nitrogens with one attached hydrogen (secondary N) is 1. The van der Waals surface area contributed by atoms with Crippen molar-refractivity contribution in [1.29, 1.82) is 0 Å². The lowest BCUT2D eigenvalue weighted by Crippen LogP contribution is -2.14. The van der Waals surface area contributed by atoms with Crippen molar-refractivity contribution in [3.05, 3.63) is 77.6 Å². The zero-order chi connectivity index (χ0) is 22.2. The molecule has 158 valence electrons. The number of benzene rings is 3. The Bertz CT molecular complexity index is 1200. The average molecular weight is 567 g/mol. The average Bonchev–Trinajstić information content (AvgIpc) is 2.58. The second-order valence-corrected chi connectivity index (χ2v) is 10.3. The number of rotatable bonds is 5. The molecule has 12 heteroatoms. The van der Waals surface area contributed by atoms with Gasteiger partial charge in [0.1, 0.15) is 10.6 Å². The number of hydrogen-bond donors (Lipinski definition) is 1. The fraction of sp³-hybridized carbons (Fsp3) is 0. The maximum Gasteiger partial charge on any atom is 0.264 e. The van der Waals surface area contributed by atoms with Gasteiger partial charge in [0, 0.05) is 10.0 Å². The zero-order valence-electron chi connectivity index (χ0n) is 14.3. The fourth-order valence-corrected chi connectivity index (χ4v) is 5.98. The summed E-state index contributed by atoms with van der Waals surface area (Å²) in [6, 6.07) is 9.74. The van der Waals surface area contributed by atoms with Gasteiger partial charge >= 0.3 is 0 Å². The number of anilines is 1. The summed E-state index contributed by atoms with van der Waals surface area (Å²) in [6.07, 6.45) is 0. The highest BCUT2D eigenvalue weighted by atomic mass is 35.5. The molecule has 0 aliphatic rings. The molecule has 3 aromatic rings. The molecule has 0 amide bonds. The van der Waals surface area contributed by atoms with Gasteiger partial charge in [-0.2, -0.15) is 0 Å². The van der Waals surface area contributed by atoms with Crippen molar-refractivity contribution in [1.82, 2.24) is 0 Å². The quantitative estimate of drug-likeness (QED) is 0.336. The van der Waals surface area contributed by atoms with E-state index in [1.165, 1.54) is 30.3 Å². The molecule has 4 nitrogen and oxygen atoms in total. The highest BCUT2D eigenvalue weighted by Crippen LogP contribution is 2.42. The molecule has 3 rings (SSSR count). The summed E-state index contributed by atoms with van der Waals surface area (Å²) in [4.78, 5) is -0.337. The van der Waals surface area contributed by atoms with Gasteiger partial charge in [0.25, 0.3) is 10.0 Å². The van der Waals surface area contributed by atoms with E-state index >= 15 is 0 Å². The highest BCUT2D eigenvalue weighted by molar-refractivity contribution is 7.93. The molecule has 30 heavy (non-hydrogen) atoms. The Morgan fingerprint density at radius 1 is 0.667 bits per heavy atom. The smallest absolute Gasteiger partial charge is 0.264 e. The van der Waals surface area contributed by atoms with Crippen LogP contribution in [0.25, 0.3) is 0 Å². The van der Waals surface area contributed by atoms with Gasteiger partial charge in [0.2, 0.25) is 0 Å². The topological polar surface area (TPSA) is 55.4 Å². The standard InChI is InChI=1S/C18H8Cl7NO3S/c19-8-1-2-16(11(21)3-8)29-17-12(22)6-10(7-13(17)23)26-30(27,28)18-14(24)4-9(20)5-15(18)25/h1-7,26H. The SMILES string of the molecule is O=S(=O)(Nc1cc(Cl)c(Oc2ccc(Cl)cc2Cl)c(Cl)c1)c1c(Cl)cc(Cl)cc1Cl. The summed E-state index contributed by atoms with van der Waals surface area (Å²) < 4.78 is 33.5. The van der Waals surface area contributed by atoms with Gasteiger partial charge in [-0.15, -0.1) is 0 Å². The first-order valence-electron chi connectivity index (χ1n) is 7.77. The van der Waals surface area contributed by atoms with Gasteiger partial charge < -0.3 is 4.74 Å². The number of sulfonamides is 1. The van der Waals surface area contributed by atoms with E-state index < -0.39 is 10.0 Å². The molecule has 0 unspecified atom stereocenters. The first-order valence-corrected chi connectivity index (χ1v) is 11.9. The molecule has 3 aromatic carbocycles. The van der Waals surface area contributed by atoms with Crippen molar-refractivity contribution in [2.45, 2.75) is 4.90 Å². The summed E-state index contributed by atoms with van der Waals surface area (Å²) >= 11 is 42.3. The summed E-state index contributed by atoms with van der Waals surface area (Å²) in [5.74, 6) is 0.339. The zero-order valence-corrected chi connectivity index (χ0v) is 20.4. The molecule has 0 aromatic heterocycles. The molecule has 0 spiro atoms. The molecule has 0 fully saturated rings. The first-order chi connectivity index (χ1) is 14.0. The molecule has 0 saturated carbocycles. The molecular weight excluding hydrogens is 558 g/mol. The minimum atomic E-state index is -4.17. The molecule has 0 heterocycles. The third-order valence-electron chi connectivity index (χ3n) is 3.59. The van der Waals surface area contributed by atoms with Crippen LogP contribution < -0.4 is 9.46 Å². The van der Waals surface area contributed by atoms with Crippen molar-refractivity contribution in [3.63, 3.8) is 0 Å². The molecule has 0 saturated heterocycles. The van der Waals surface area contributed by atoms with Crippen LogP contribution in [0.1, 0.15) is 0 Å². The highest BCUT2D eigenvalue weighted by Gasteiger charge is 2.24. The largest absolute Gasteiger partial charge is 0.453 e. The van der Waals surface area contributed by atoms with Crippen LogP contribution in [-0.2, 0) is 10.0 Å². The monoisotopic (exact) mass is 563 g/mol. The second-order valence-electron chi connectivity index (χ2n) is 5.75. The minimum absolute atomic E-state index is 0.0273. The van der Waals surface area contributed by atoms with E-state index in [9.17, 15) is 8.42 Å². The predicted molar refractivity (Wildman–Crippen MR) is 125 cm³/mol. The van der Waals surface area contributed by atoms with Crippen molar-refractivity contribution in [3.8, 4) is 11.5 Å². The maximum absolute atomic E-state index is 12.8. The van der Waals surface area contributed by atoms with Crippen molar-refractivity contribution in [2.24, 2.45) is 0 Å². The fourth-order valence-electron chi connectivity index (χ4n) is 2.38. The Morgan fingerprint density at radius 3 is 1.73 bits per heavy atom. The van der Waals surface area contributed by atoms with E-state index in [2.05, 4.69) is 4.72 Å². The lowest BCUT2D eigenvalue weighted by molar-refractivity contribution is 0.483. The third-order valence-corrected chi connectivity index (χ3v) is 7.20. The lowest BCUT2D eigenvalue weighted by Gasteiger charge is -2.15. The van der Waals surface area contributed by atoms with Crippen molar-refractivity contribution < 1.29 is 13.2 Å². The van der Waals surface area contributed by atoms with Gasteiger partial charge in [-0.3, -0.25) is 4.72 Å². The van der Waals surface area contributed by atoms with Crippen LogP contribution in [0.5, 0.6) is 11.5 Å². The van der Waals surface area contributed by atoms with E-state index in [4.69, 9.17) is 85.9 Å². The minimum Gasteiger partial charge on any atom is -0.453 e. The molecule has 0 aliphatic carbocycles. The normalized spacial score (nSPS) is 11.4. The van der Waals surface area contributed by atoms with Crippen LogP contribution in [-0.4, -0.2) is 8.42 Å². The van der Waals surface area contributed by atoms with Crippen LogP contribution in [0, 0.1) is 0 Å². The van der Waals surface area contributed by atoms with Gasteiger partial charge in [0.05, 0.1) is 30.8 Å². The van der Waals surface area contributed by atoms with E-state index in [1.54, 1.807) is 12.1 Å². The Labute approximate surface area is 207 Å². The predicted octanol–water partition coefficient (Wildman–Crippen LogP) is 8.85. The van der Waals surface area contributed by atoms with Crippen LogP contribution in [0.3, 0.4) is 0 Å². The van der Waals surface area contributed by atoms with E-state index in [0.29, 0.717) is 5.02 Å². The maximum atomic E-state index is 12.8. The summed E-state index contributed by atoms with van der Waals surface area (Å²) in [7, 11) is -4.17. The molecule has 0 radical (unpaired) electrons. The number of ether oxygens (including phenoxy) is 1. The van der Waals surface area contributed by atoms with Crippen LogP contribution in [0.4, 0.5) is 5.69 Å². The molecule has 0 aliphatic heterocycles. The lowest BCUT2D eigenvalue weighted by atomic mass is 10.3. The van der Waals surface area contributed by atoms with E-state index in [-0.39, 0.29) is 52.2 Å². The Kier molecular flexibility index (Phi) is 7.48. The first kappa shape index (κ1) is 23.9. The molecule has 0 bridgehead atoms. The van der Waals surface area contributed by atoms with Crippen molar-refractivity contribution in [2.75, 3.05) is 4.72 Å². The van der Waals surface area contributed by atoms with Gasteiger partial charge in [-0.25, -0.2) is 8.42 Å². The second kappa shape index (κ2) is 9.39.